The minimum Gasteiger partial charge on any atom is -0.365 e. The molecule has 1 fully saturated rings. The zero-order valence-electron chi connectivity index (χ0n) is 11.8. The van der Waals surface area contributed by atoms with Crippen LogP contribution in [0, 0.1) is 12.7 Å². The molecule has 2 aromatic rings. The molecule has 110 valence electrons. The molecular weight excluding hydrogens is 271 g/mol. The molecule has 21 heavy (non-hydrogen) atoms. The van der Waals surface area contributed by atoms with E-state index in [0.717, 1.165) is 30.9 Å². The van der Waals surface area contributed by atoms with Crippen molar-refractivity contribution in [1.82, 2.24) is 19.9 Å². The number of aryl methyl sites for hydroxylation is 1. The lowest BCUT2D eigenvalue weighted by Crippen LogP contribution is -2.43. The van der Waals surface area contributed by atoms with Gasteiger partial charge in [-0.3, -0.25) is 0 Å². The zero-order valence-corrected chi connectivity index (χ0v) is 11.8. The molecule has 1 aliphatic rings. The van der Waals surface area contributed by atoms with Crippen LogP contribution in [0.15, 0.2) is 24.9 Å². The first kappa shape index (κ1) is 13.7. The van der Waals surface area contributed by atoms with Crippen molar-refractivity contribution < 1.29 is 4.39 Å². The van der Waals surface area contributed by atoms with Crippen molar-refractivity contribution in [3.63, 3.8) is 0 Å². The van der Waals surface area contributed by atoms with E-state index in [4.69, 9.17) is 0 Å². The summed E-state index contributed by atoms with van der Waals surface area (Å²) in [5.74, 6) is 0.795. The average Bonchev–Trinajstić information content (AvgIpc) is 2.48. The minimum atomic E-state index is -0.379. The Labute approximate surface area is 122 Å². The van der Waals surface area contributed by atoms with Crippen molar-refractivity contribution in [1.29, 1.82) is 0 Å². The van der Waals surface area contributed by atoms with E-state index < -0.39 is 0 Å². The Hall–Kier alpha value is -2.31. The second-order valence-corrected chi connectivity index (χ2v) is 5.17. The lowest BCUT2D eigenvalue weighted by atomic mass is 10.1. The molecule has 2 aromatic heterocycles. The van der Waals surface area contributed by atoms with Crippen LogP contribution in [0.5, 0.6) is 0 Å². The van der Waals surface area contributed by atoms with Crippen LogP contribution in [0.3, 0.4) is 0 Å². The molecule has 7 heteroatoms. The summed E-state index contributed by atoms with van der Waals surface area (Å²) in [6, 6.07) is 2.12. The van der Waals surface area contributed by atoms with E-state index in [1.165, 1.54) is 12.5 Å². The fourth-order valence-corrected chi connectivity index (χ4v) is 2.57. The predicted octanol–water partition coefficient (Wildman–Crippen LogP) is 1.80. The molecule has 0 amide bonds. The van der Waals surface area contributed by atoms with Crippen molar-refractivity contribution in [2.24, 2.45) is 0 Å². The summed E-state index contributed by atoms with van der Waals surface area (Å²) in [5.41, 5.74) is 0.919. The van der Waals surface area contributed by atoms with E-state index in [1.807, 2.05) is 17.9 Å². The summed E-state index contributed by atoms with van der Waals surface area (Å²) in [6.07, 6.45) is 6.12. The Morgan fingerprint density at radius 1 is 1.29 bits per heavy atom. The van der Waals surface area contributed by atoms with Crippen molar-refractivity contribution in [3.05, 3.63) is 36.4 Å². The normalized spacial score (nSPS) is 18.6. The molecule has 0 spiro atoms. The van der Waals surface area contributed by atoms with Gasteiger partial charge >= 0.3 is 0 Å². The van der Waals surface area contributed by atoms with Gasteiger partial charge in [0.1, 0.15) is 18.5 Å². The van der Waals surface area contributed by atoms with Gasteiger partial charge in [-0.05, 0) is 19.8 Å². The molecule has 0 saturated carbocycles. The summed E-state index contributed by atoms with van der Waals surface area (Å²) < 4.78 is 13.8. The second kappa shape index (κ2) is 5.99. The van der Waals surface area contributed by atoms with Gasteiger partial charge in [-0.25, -0.2) is 24.3 Å². The van der Waals surface area contributed by atoms with Crippen LogP contribution in [-0.4, -0.2) is 39.1 Å². The van der Waals surface area contributed by atoms with E-state index in [2.05, 4.69) is 25.3 Å². The summed E-state index contributed by atoms with van der Waals surface area (Å²) in [5, 5.41) is 3.38. The number of nitrogens with one attached hydrogen (secondary N) is 1. The molecular formula is C14H17FN6. The predicted molar refractivity (Wildman–Crippen MR) is 77.6 cm³/mol. The monoisotopic (exact) mass is 288 g/mol. The van der Waals surface area contributed by atoms with Gasteiger partial charge in [0.2, 0.25) is 0 Å². The maximum absolute atomic E-state index is 13.8. The third-order valence-electron chi connectivity index (χ3n) is 3.52. The lowest BCUT2D eigenvalue weighted by Gasteiger charge is -2.34. The van der Waals surface area contributed by atoms with E-state index in [-0.39, 0.29) is 11.9 Å². The number of hydrogen-bond acceptors (Lipinski definition) is 6. The lowest BCUT2D eigenvalue weighted by molar-refractivity contribution is 0.511. The topological polar surface area (TPSA) is 66.8 Å². The summed E-state index contributed by atoms with van der Waals surface area (Å²) >= 11 is 0. The molecule has 0 aliphatic carbocycles. The van der Waals surface area contributed by atoms with E-state index >= 15 is 0 Å². The van der Waals surface area contributed by atoms with Crippen LogP contribution < -0.4 is 10.2 Å². The van der Waals surface area contributed by atoms with Gasteiger partial charge in [-0.1, -0.05) is 0 Å². The van der Waals surface area contributed by atoms with E-state index in [0.29, 0.717) is 12.4 Å². The van der Waals surface area contributed by atoms with Gasteiger partial charge in [0, 0.05) is 30.9 Å². The molecule has 3 rings (SSSR count). The highest BCUT2D eigenvalue weighted by Gasteiger charge is 2.23. The number of nitrogens with zero attached hydrogens (tertiary/aromatic N) is 5. The van der Waals surface area contributed by atoms with Crippen molar-refractivity contribution >= 4 is 11.6 Å². The summed E-state index contributed by atoms with van der Waals surface area (Å²) in [4.78, 5) is 18.0. The summed E-state index contributed by atoms with van der Waals surface area (Å²) in [7, 11) is 0. The van der Waals surface area contributed by atoms with Crippen LogP contribution in [0.4, 0.5) is 16.0 Å². The SMILES string of the molecule is Cc1cc(NC2CCCN(c3ncncc3F)C2)ncn1. The first-order valence-electron chi connectivity index (χ1n) is 6.98. The summed E-state index contributed by atoms with van der Waals surface area (Å²) in [6.45, 7) is 3.42. The maximum Gasteiger partial charge on any atom is 0.183 e. The molecule has 1 saturated heterocycles. The zero-order chi connectivity index (χ0) is 14.7. The Kier molecular flexibility index (Phi) is 3.89. The maximum atomic E-state index is 13.8. The number of piperidine rings is 1. The number of anilines is 2. The van der Waals surface area contributed by atoms with Gasteiger partial charge in [0.05, 0.1) is 6.20 Å². The molecule has 1 N–H and O–H groups in total. The van der Waals surface area contributed by atoms with Gasteiger partial charge in [0.25, 0.3) is 0 Å². The number of aromatic nitrogens is 4. The standard InChI is InChI=1S/C14H17FN6/c1-10-5-13(18-9-17-10)20-11-3-2-4-21(7-11)14-12(15)6-16-8-19-14/h5-6,8-9,11H,2-4,7H2,1H3,(H,17,18,20). The number of halogens is 1. The molecule has 0 aromatic carbocycles. The van der Waals surface area contributed by atoms with Crippen LogP contribution in [0.1, 0.15) is 18.5 Å². The van der Waals surface area contributed by atoms with Crippen molar-refractivity contribution in [2.75, 3.05) is 23.3 Å². The highest BCUT2D eigenvalue weighted by atomic mass is 19.1. The van der Waals surface area contributed by atoms with Crippen LogP contribution >= 0.6 is 0 Å². The molecule has 1 aliphatic heterocycles. The van der Waals surface area contributed by atoms with Crippen molar-refractivity contribution in [3.8, 4) is 0 Å². The first-order chi connectivity index (χ1) is 10.2. The van der Waals surface area contributed by atoms with Gasteiger partial charge in [0.15, 0.2) is 11.6 Å². The second-order valence-electron chi connectivity index (χ2n) is 5.17. The quantitative estimate of drug-likeness (QED) is 0.929. The molecule has 3 heterocycles. The highest BCUT2D eigenvalue weighted by Crippen LogP contribution is 2.21. The van der Waals surface area contributed by atoms with Crippen LogP contribution in [0.2, 0.25) is 0 Å². The highest BCUT2D eigenvalue weighted by molar-refractivity contribution is 5.42. The molecule has 0 bridgehead atoms. The largest absolute Gasteiger partial charge is 0.365 e. The Balaban J connectivity index is 1.70. The van der Waals surface area contributed by atoms with Gasteiger partial charge in [-0.2, -0.15) is 0 Å². The fraction of sp³-hybridized carbons (Fsp3) is 0.429. The van der Waals surface area contributed by atoms with E-state index in [1.54, 1.807) is 6.33 Å². The fourth-order valence-electron chi connectivity index (χ4n) is 2.57. The third-order valence-corrected chi connectivity index (χ3v) is 3.52. The van der Waals surface area contributed by atoms with Crippen LogP contribution in [-0.2, 0) is 0 Å². The number of hydrogen-bond donors (Lipinski definition) is 1. The van der Waals surface area contributed by atoms with Crippen molar-refractivity contribution in [2.45, 2.75) is 25.8 Å². The van der Waals surface area contributed by atoms with Crippen LogP contribution in [0.25, 0.3) is 0 Å². The molecule has 1 unspecified atom stereocenters. The third kappa shape index (κ3) is 3.24. The Bertz CT molecular complexity index is 620. The first-order valence-corrected chi connectivity index (χ1v) is 6.98. The Morgan fingerprint density at radius 3 is 3.00 bits per heavy atom. The van der Waals surface area contributed by atoms with E-state index in [9.17, 15) is 4.39 Å². The van der Waals surface area contributed by atoms with Gasteiger partial charge < -0.3 is 10.2 Å². The Morgan fingerprint density at radius 2 is 2.19 bits per heavy atom. The number of rotatable bonds is 3. The smallest absolute Gasteiger partial charge is 0.183 e. The molecule has 1 atom stereocenters. The molecule has 0 radical (unpaired) electrons. The molecule has 6 nitrogen and oxygen atoms in total. The average molecular weight is 288 g/mol. The van der Waals surface area contributed by atoms with Gasteiger partial charge in [-0.15, -0.1) is 0 Å². The minimum absolute atomic E-state index is 0.211.